The fourth-order valence-corrected chi connectivity index (χ4v) is 2.57. The molecule has 1 fully saturated rings. The highest BCUT2D eigenvalue weighted by molar-refractivity contribution is 14.0. The number of aliphatic imine (C=N–C) groups is 1. The van der Waals surface area contributed by atoms with Crippen molar-refractivity contribution in [2.75, 3.05) is 32.7 Å². The molecule has 1 atom stereocenters. The third-order valence-corrected chi connectivity index (χ3v) is 3.56. The van der Waals surface area contributed by atoms with Crippen molar-refractivity contribution in [3.8, 4) is 0 Å². The number of hydrogen-bond donors (Lipinski definition) is 2. The summed E-state index contributed by atoms with van der Waals surface area (Å²) in [5.41, 5.74) is 0. The summed E-state index contributed by atoms with van der Waals surface area (Å²) in [5.74, 6) is 1.01. The Morgan fingerprint density at radius 1 is 1.41 bits per heavy atom. The molecule has 2 aliphatic rings. The van der Waals surface area contributed by atoms with Crippen molar-refractivity contribution in [3.05, 3.63) is 0 Å². The lowest BCUT2D eigenvalue weighted by Crippen LogP contribution is -2.49. The van der Waals surface area contributed by atoms with E-state index in [2.05, 4.69) is 27.4 Å². The van der Waals surface area contributed by atoms with Crippen molar-refractivity contribution in [1.29, 1.82) is 0 Å². The summed E-state index contributed by atoms with van der Waals surface area (Å²) in [5, 5.41) is 6.76. The highest BCUT2D eigenvalue weighted by Gasteiger charge is 2.20. The van der Waals surface area contributed by atoms with Crippen LogP contribution in [0, 0.1) is 0 Å². The second-order valence-electron chi connectivity index (χ2n) is 4.67. The maximum atomic E-state index is 4.44. The highest BCUT2D eigenvalue weighted by atomic mass is 127. The van der Waals surface area contributed by atoms with Gasteiger partial charge in [-0.25, -0.2) is 0 Å². The third kappa shape index (κ3) is 4.62. The monoisotopic (exact) mass is 352 g/mol. The first-order chi connectivity index (χ1) is 7.90. The van der Waals surface area contributed by atoms with Gasteiger partial charge in [0.2, 0.25) is 0 Å². The van der Waals surface area contributed by atoms with Crippen LogP contribution >= 0.6 is 24.0 Å². The van der Waals surface area contributed by atoms with E-state index in [0.717, 1.165) is 32.0 Å². The lowest BCUT2D eigenvalue weighted by Gasteiger charge is -2.35. The fourth-order valence-electron chi connectivity index (χ4n) is 2.57. The van der Waals surface area contributed by atoms with Crippen LogP contribution in [0.25, 0.3) is 0 Å². The lowest BCUT2D eigenvalue weighted by molar-refractivity contribution is 0.157. The van der Waals surface area contributed by atoms with Crippen LogP contribution in [0.4, 0.5) is 0 Å². The van der Waals surface area contributed by atoms with Gasteiger partial charge in [-0.1, -0.05) is 13.3 Å². The van der Waals surface area contributed by atoms with Crippen molar-refractivity contribution < 1.29 is 0 Å². The summed E-state index contributed by atoms with van der Waals surface area (Å²) in [6.07, 6.45) is 5.23. The molecule has 2 heterocycles. The van der Waals surface area contributed by atoms with E-state index in [9.17, 15) is 0 Å². The minimum Gasteiger partial charge on any atom is -0.356 e. The number of guanidine groups is 1. The largest absolute Gasteiger partial charge is 0.356 e. The molecule has 17 heavy (non-hydrogen) atoms. The van der Waals surface area contributed by atoms with E-state index in [4.69, 9.17) is 0 Å². The van der Waals surface area contributed by atoms with Crippen LogP contribution in [0.2, 0.25) is 0 Å². The van der Waals surface area contributed by atoms with Gasteiger partial charge < -0.3 is 10.6 Å². The Bertz CT molecular complexity index is 245. The van der Waals surface area contributed by atoms with Gasteiger partial charge in [-0.2, -0.15) is 0 Å². The van der Waals surface area contributed by atoms with E-state index in [1.807, 2.05) is 0 Å². The van der Waals surface area contributed by atoms with Crippen LogP contribution in [0.1, 0.15) is 32.6 Å². The van der Waals surface area contributed by atoms with Gasteiger partial charge in [0.1, 0.15) is 0 Å². The van der Waals surface area contributed by atoms with E-state index < -0.39 is 0 Å². The smallest absolute Gasteiger partial charge is 0.191 e. The molecule has 0 amide bonds. The zero-order valence-corrected chi connectivity index (χ0v) is 13.1. The van der Waals surface area contributed by atoms with Gasteiger partial charge in [-0.05, 0) is 32.4 Å². The van der Waals surface area contributed by atoms with Crippen molar-refractivity contribution in [1.82, 2.24) is 15.5 Å². The van der Waals surface area contributed by atoms with E-state index in [-0.39, 0.29) is 24.0 Å². The molecule has 4 nitrogen and oxygen atoms in total. The predicted molar refractivity (Wildman–Crippen MR) is 83.2 cm³/mol. The maximum Gasteiger partial charge on any atom is 0.191 e. The number of nitrogens with zero attached hydrogens (tertiary/aromatic N) is 2. The summed E-state index contributed by atoms with van der Waals surface area (Å²) in [6.45, 7) is 7.77. The first kappa shape index (κ1) is 15.0. The molecule has 0 aliphatic carbocycles. The number of piperidine rings is 1. The van der Waals surface area contributed by atoms with Crippen LogP contribution < -0.4 is 10.6 Å². The summed E-state index contributed by atoms with van der Waals surface area (Å²) < 4.78 is 0. The Balaban J connectivity index is 0.00000144. The van der Waals surface area contributed by atoms with Gasteiger partial charge in [-0.15, -0.1) is 24.0 Å². The number of hydrogen-bond acceptors (Lipinski definition) is 4. The first-order valence-electron chi connectivity index (χ1n) is 6.66. The molecule has 0 saturated carbocycles. The van der Waals surface area contributed by atoms with Gasteiger partial charge in [0.05, 0.1) is 0 Å². The molecule has 5 heteroatoms. The van der Waals surface area contributed by atoms with E-state index in [1.165, 1.54) is 32.4 Å². The predicted octanol–water partition coefficient (Wildman–Crippen LogP) is 1.42. The Hall–Kier alpha value is -0.0400. The standard InChI is InChI=1S/C12H24N4.HI/c1-2-16-9-4-3-6-11(16)10-15-12-13-7-5-8-14-12;/h11H,2-10H2,1H3,(H2,13,14,15);1H. The summed E-state index contributed by atoms with van der Waals surface area (Å²) >= 11 is 0. The molecule has 1 unspecified atom stereocenters. The van der Waals surface area contributed by atoms with E-state index in [1.54, 1.807) is 0 Å². The first-order valence-corrected chi connectivity index (χ1v) is 6.66. The van der Waals surface area contributed by atoms with Crippen LogP contribution in [-0.2, 0) is 0 Å². The summed E-state index contributed by atoms with van der Waals surface area (Å²) in [4.78, 5) is 7.02. The van der Waals surface area contributed by atoms with Gasteiger partial charge in [0.25, 0.3) is 0 Å². The second-order valence-corrected chi connectivity index (χ2v) is 4.67. The number of rotatable bonds is 3. The van der Waals surface area contributed by atoms with Crippen LogP contribution in [0.3, 0.4) is 0 Å². The minimum absolute atomic E-state index is 0. The van der Waals surface area contributed by atoms with Crippen LogP contribution in [0.5, 0.6) is 0 Å². The molecule has 0 spiro atoms. The van der Waals surface area contributed by atoms with Gasteiger partial charge in [0.15, 0.2) is 5.96 Å². The molecule has 0 aromatic carbocycles. The number of likely N-dealkylation sites (N-methyl/N-ethyl adjacent to an activating group) is 1. The van der Waals surface area contributed by atoms with Crippen LogP contribution in [-0.4, -0.2) is 49.6 Å². The van der Waals surface area contributed by atoms with E-state index in [0.29, 0.717) is 6.04 Å². The highest BCUT2D eigenvalue weighted by Crippen LogP contribution is 2.15. The minimum atomic E-state index is 0. The molecular weight excluding hydrogens is 327 g/mol. The fraction of sp³-hybridized carbons (Fsp3) is 0.917. The molecule has 100 valence electrons. The number of nitrogens with one attached hydrogen (secondary N) is 2. The normalized spacial score (nSPS) is 25.5. The average molecular weight is 352 g/mol. The molecule has 0 aromatic rings. The SMILES string of the molecule is CCN1CCCCC1CNC1=NCCCN1.I. The molecule has 2 aliphatic heterocycles. The Morgan fingerprint density at radius 3 is 3.00 bits per heavy atom. The topological polar surface area (TPSA) is 39.7 Å². The summed E-state index contributed by atoms with van der Waals surface area (Å²) in [7, 11) is 0. The molecule has 1 saturated heterocycles. The maximum absolute atomic E-state index is 4.44. The third-order valence-electron chi connectivity index (χ3n) is 3.56. The molecule has 0 radical (unpaired) electrons. The van der Waals surface area contributed by atoms with Gasteiger partial charge >= 0.3 is 0 Å². The molecule has 2 rings (SSSR count). The van der Waals surface area contributed by atoms with Crippen molar-refractivity contribution in [2.45, 2.75) is 38.6 Å². The quantitative estimate of drug-likeness (QED) is 0.755. The Kier molecular flexibility index (Phi) is 7.18. The molecule has 0 bridgehead atoms. The molecule has 2 N–H and O–H groups in total. The zero-order chi connectivity index (χ0) is 11.2. The van der Waals surface area contributed by atoms with Crippen LogP contribution in [0.15, 0.2) is 4.99 Å². The Morgan fingerprint density at radius 2 is 2.29 bits per heavy atom. The number of likely N-dealkylation sites (tertiary alicyclic amines) is 1. The van der Waals surface area contributed by atoms with Gasteiger partial charge in [0, 0.05) is 25.7 Å². The lowest BCUT2D eigenvalue weighted by atomic mass is 10.0. The van der Waals surface area contributed by atoms with Gasteiger partial charge in [-0.3, -0.25) is 9.89 Å². The average Bonchev–Trinajstić information content (AvgIpc) is 2.38. The van der Waals surface area contributed by atoms with E-state index >= 15 is 0 Å². The van der Waals surface area contributed by atoms with Crippen molar-refractivity contribution in [3.63, 3.8) is 0 Å². The number of halogens is 1. The second kappa shape index (κ2) is 8.13. The molecule has 0 aromatic heterocycles. The molecular formula is C12H25IN4. The summed E-state index contributed by atoms with van der Waals surface area (Å²) in [6, 6.07) is 0.699. The van der Waals surface area contributed by atoms with Crippen molar-refractivity contribution in [2.24, 2.45) is 4.99 Å². The zero-order valence-electron chi connectivity index (χ0n) is 10.7. The Labute approximate surface area is 122 Å². The van der Waals surface area contributed by atoms with Crippen molar-refractivity contribution >= 4 is 29.9 Å².